The summed E-state index contributed by atoms with van der Waals surface area (Å²) in [5.41, 5.74) is 1.01. The van der Waals surface area contributed by atoms with Crippen molar-refractivity contribution >= 4 is 11.8 Å². The Hall–Kier alpha value is -0.980. The molecule has 3 heteroatoms. The number of nitrogens with zero attached hydrogens (tertiary/aromatic N) is 1. The van der Waals surface area contributed by atoms with Gasteiger partial charge in [0.15, 0.2) is 0 Å². The van der Waals surface area contributed by atoms with Gasteiger partial charge in [0.1, 0.15) is 5.54 Å². The summed E-state index contributed by atoms with van der Waals surface area (Å²) in [6.45, 7) is 2.14. The molecule has 2 aliphatic carbocycles. The molecule has 2 fully saturated rings. The minimum atomic E-state index is -0.298. The molecule has 2 saturated carbocycles. The van der Waals surface area contributed by atoms with E-state index in [1.165, 1.54) is 36.1 Å². The average Bonchev–Trinajstić information content (AvgIpc) is 3.28. The summed E-state index contributed by atoms with van der Waals surface area (Å²) in [5.74, 6) is 1.44. The maximum absolute atomic E-state index is 9.69. The van der Waals surface area contributed by atoms with Crippen LogP contribution >= 0.6 is 11.8 Å². The fourth-order valence-corrected chi connectivity index (χ4v) is 3.75. The number of hydrogen-bond donors (Lipinski definition) is 1. The predicted octanol–water partition coefficient (Wildman–Crippen LogP) is 3.51. The predicted molar refractivity (Wildman–Crippen MR) is 79.1 cm³/mol. The maximum atomic E-state index is 9.69. The molecule has 2 aliphatic rings. The third-order valence-corrected chi connectivity index (χ3v) is 5.43. The zero-order chi connectivity index (χ0) is 13.3. The molecule has 0 spiro atoms. The van der Waals surface area contributed by atoms with Crippen LogP contribution in [0, 0.1) is 24.2 Å². The average molecular weight is 272 g/mol. The van der Waals surface area contributed by atoms with Gasteiger partial charge in [-0.1, -0.05) is 18.2 Å². The van der Waals surface area contributed by atoms with Gasteiger partial charge in [-0.3, -0.25) is 5.32 Å². The Balaban J connectivity index is 1.71. The van der Waals surface area contributed by atoms with E-state index in [2.05, 4.69) is 42.6 Å². The second kappa shape index (κ2) is 5.19. The van der Waals surface area contributed by atoms with Crippen LogP contribution in [0.2, 0.25) is 0 Å². The van der Waals surface area contributed by atoms with Crippen LogP contribution in [-0.4, -0.2) is 17.3 Å². The minimum absolute atomic E-state index is 0.298. The van der Waals surface area contributed by atoms with E-state index in [0.29, 0.717) is 12.0 Å². The quantitative estimate of drug-likeness (QED) is 0.805. The van der Waals surface area contributed by atoms with Crippen LogP contribution in [0.4, 0.5) is 0 Å². The fourth-order valence-electron chi connectivity index (χ4n) is 2.51. The van der Waals surface area contributed by atoms with Crippen molar-refractivity contribution in [2.45, 2.75) is 49.1 Å². The van der Waals surface area contributed by atoms with Crippen LogP contribution in [0.5, 0.6) is 0 Å². The summed E-state index contributed by atoms with van der Waals surface area (Å²) >= 11 is 1.83. The van der Waals surface area contributed by atoms with E-state index in [0.717, 1.165) is 5.75 Å². The van der Waals surface area contributed by atoms with Crippen LogP contribution in [0.25, 0.3) is 0 Å². The third kappa shape index (κ3) is 2.96. The fraction of sp³-hybridized carbons (Fsp3) is 0.562. The maximum Gasteiger partial charge on any atom is 0.119 e. The lowest BCUT2D eigenvalue weighted by Gasteiger charge is -2.28. The van der Waals surface area contributed by atoms with Crippen molar-refractivity contribution in [1.82, 2.24) is 5.32 Å². The Morgan fingerprint density at radius 2 is 2.05 bits per heavy atom. The van der Waals surface area contributed by atoms with E-state index in [4.69, 9.17) is 0 Å². The Bertz CT molecular complexity index is 500. The molecule has 1 aromatic rings. The summed E-state index contributed by atoms with van der Waals surface area (Å²) in [6, 6.07) is 11.6. The topological polar surface area (TPSA) is 35.8 Å². The van der Waals surface area contributed by atoms with Crippen LogP contribution in [-0.2, 0) is 0 Å². The second-order valence-electron chi connectivity index (χ2n) is 5.83. The normalized spacial score (nSPS) is 21.7. The van der Waals surface area contributed by atoms with Crippen LogP contribution in [0.1, 0.15) is 31.2 Å². The summed E-state index contributed by atoms with van der Waals surface area (Å²) in [7, 11) is 0. The van der Waals surface area contributed by atoms with Gasteiger partial charge in [-0.15, -0.1) is 11.8 Å². The van der Waals surface area contributed by atoms with Crippen molar-refractivity contribution in [1.29, 1.82) is 5.26 Å². The Morgan fingerprint density at radius 1 is 1.32 bits per heavy atom. The molecule has 0 aliphatic heterocycles. The van der Waals surface area contributed by atoms with E-state index in [9.17, 15) is 5.26 Å². The van der Waals surface area contributed by atoms with E-state index in [1.807, 2.05) is 11.8 Å². The summed E-state index contributed by atoms with van der Waals surface area (Å²) < 4.78 is 0. The SMILES string of the molecule is Cc1ccccc1SCC(C#N)(NC1CC1)C1CC1. The monoisotopic (exact) mass is 272 g/mol. The zero-order valence-corrected chi connectivity index (χ0v) is 12.2. The molecule has 0 aromatic heterocycles. The number of thioether (sulfide) groups is 1. The first-order valence-electron chi connectivity index (χ1n) is 7.11. The number of nitriles is 1. The van der Waals surface area contributed by atoms with Crippen molar-refractivity contribution in [2.24, 2.45) is 5.92 Å². The molecule has 1 atom stereocenters. The van der Waals surface area contributed by atoms with Gasteiger partial charge in [0, 0.05) is 16.7 Å². The number of nitrogens with one attached hydrogen (secondary N) is 1. The zero-order valence-electron chi connectivity index (χ0n) is 11.4. The van der Waals surface area contributed by atoms with Gasteiger partial charge < -0.3 is 0 Å². The van der Waals surface area contributed by atoms with Crippen LogP contribution < -0.4 is 5.32 Å². The molecule has 0 amide bonds. The van der Waals surface area contributed by atoms with Crippen molar-refractivity contribution in [3.63, 3.8) is 0 Å². The highest BCUT2D eigenvalue weighted by Gasteiger charge is 2.48. The molecule has 0 saturated heterocycles. The molecule has 0 radical (unpaired) electrons. The Morgan fingerprint density at radius 3 is 2.63 bits per heavy atom. The van der Waals surface area contributed by atoms with Gasteiger partial charge >= 0.3 is 0 Å². The molecule has 1 N–H and O–H groups in total. The van der Waals surface area contributed by atoms with E-state index in [-0.39, 0.29) is 5.54 Å². The highest BCUT2D eigenvalue weighted by atomic mass is 32.2. The first kappa shape index (κ1) is 13.0. The standard InChI is InChI=1S/C16H20N2S/c1-12-4-2-3-5-15(12)19-11-16(10-17,13-6-7-13)18-14-8-9-14/h2-5,13-14,18H,6-9,11H2,1H3. The smallest absolute Gasteiger partial charge is 0.119 e. The van der Waals surface area contributed by atoms with Gasteiger partial charge in [0.2, 0.25) is 0 Å². The van der Waals surface area contributed by atoms with Crippen LogP contribution in [0.15, 0.2) is 29.2 Å². The lowest BCUT2D eigenvalue weighted by atomic mass is 9.97. The minimum Gasteiger partial charge on any atom is -0.296 e. The van der Waals surface area contributed by atoms with E-state index in [1.54, 1.807) is 0 Å². The van der Waals surface area contributed by atoms with Gasteiger partial charge in [0.05, 0.1) is 6.07 Å². The number of hydrogen-bond acceptors (Lipinski definition) is 3. The highest BCUT2D eigenvalue weighted by molar-refractivity contribution is 7.99. The molecule has 1 unspecified atom stereocenters. The second-order valence-corrected chi connectivity index (χ2v) is 6.85. The van der Waals surface area contributed by atoms with E-state index < -0.39 is 0 Å². The lowest BCUT2D eigenvalue weighted by Crippen LogP contribution is -2.49. The molecular formula is C16H20N2S. The molecule has 3 rings (SSSR count). The lowest BCUT2D eigenvalue weighted by molar-refractivity contribution is 0.401. The van der Waals surface area contributed by atoms with Gasteiger partial charge in [-0.25, -0.2) is 0 Å². The number of benzene rings is 1. The van der Waals surface area contributed by atoms with Crippen molar-refractivity contribution < 1.29 is 0 Å². The van der Waals surface area contributed by atoms with Crippen molar-refractivity contribution in [2.75, 3.05) is 5.75 Å². The first-order valence-corrected chi connectivity index (χ1v) is 8.09. The first-order chi connectivity index (χ1) is 9.23. The van der Waals surface area contributed by atoms with Gasteiger partial charge in [-0.05, 0) is 50.2 Å². The summed E-state index contributed by atoms with van der Waals surface area (Å²) in [5, 5.41) is 13.3. The van der Waals surface area contributed by atoms with E-state index >= 15 is 0 Å². The molecular weight excluding hydrogens is 252 g/mol. The molecule has 100 valence electrons. The number of aryl methyl sites for hydroxylation is 1. The summed E-state index contributed by atoms with van der Waals surface area (Å²) in [4.78, 5) is 1.31. The molecule has 19 heavy (non-hydrogen) atoms. The van der Waals surface area contributed by atoms with Gasteiger partial charge in [0.25, 0.3) is 0 Å². The van der Waals surface area contributed by atoms with Gasteiger partial charge in [-0.2, -0.15) is 5.26 Å². The molecule has 1 aromatic carbocycles. The molecule has 2 nitrogen and oxygen atoms in total. The summed E-state index contributed by atoms with van der Waals surface area (Å²) in [6.07, 6.45) is 4.90. The Kier molecular flexibility index (Phi) is 3.56. The number of rotatable bonds is 6. The third-order valence-electron chi connectivity index (χ3n) is 4.06. The van der Waals surface area contributed by atoms with Crippen LogP contribution in [0.3, 0.4) is 0 Å². The molecule has 0 heterocycles. The largest absolute Gasteiger partial charge is 0.296 e. The Labute approximate surface area is 119 Å². The highest BCUT2D eigenvalue weighted by Crippen LogP contribution is 2.44. The molecule has 0 bridgehead atoms. The van der Waals surface area contributed by atoms with Crippen molar-refractivity contribution in [3.05, 3.63) is 29.8 Å². The van der Waals surface area contributed by atoms with Crippen molar-refractivity contribution in [3.8, 4) is 6.07 Å².